The molecule has 36 heavy (non-hydrogen) atoms. The van der Waals surface area contributed by atoms with Crippen molar-refractivity contribution < 1.29 is 22.7 Å². The van der Waals surface area contributed by atoms with Gasteiger partial charge in [0, 0.05) is 50.0 Å². The number of hydrogen-bond donors (Lipinski definition) is 0. The summed E-state index contributed by atoms with van der Waals surface area (Å²) in [6.07, 6.45) is 0. The Bertz CT molecular complexity index is 1410. The molecule has 0 aliphatic carbocycles. The van der Waals surface area contributed by atoms with Crippen LogP contribution in [0.4, 0.5) is 5.69 Å². The summed E-state index contributed by atoms with van der Waals surface area (Å²) in [7, 11) is -2.38. The summed E-state index contributed by atoms with van der Waals surface area (Å²) >= 11 is 4.73. The number of aromatic nitrogens is 1. The first-order chi connectivity index (χ1) is 17.3. The second-order valence-corrected chi connectivity index (χ2v) is 12.4. The van der Waals surface area contributed by atoms with Gasteiger partial charge in [-0.15, -0.1) is 0 Å². The second-order valence-electron chi connectivity index (χ2n) is 8.38. The molecule has 2 heterocycles. The summed E-state index contributed by atoms with van der Waals surface area (Å²) in [6.45, 7) is 2.97. The van der Waals surface area contributed by atoms with Crippen molar-refractivity contribution >= 4 is 64.8 Å². The van der Waals surface area contributed by atoms with Gasteiger partial charge in [0.05, 0.1) is 16.8 Å². The molecule has 1 fully saturated rings. The number of methoxy groups -OCH3 is 1. The van der Waals surface area contributed by atoms with E-state index in [1.165, 1.54) is 11.3 Å². The number of fused-ring (bicyclic) bond motifs is 1. The van der Waals surface area contributed by atoms with Crippen molar-refractivity contribution in [2.45, 2.75) is 6.54 Å². The van der Waals surface area contributed by atoms with Crippen LogP contribution >= 0.6 is 27.3 Å². The number of carbonyl (C=O) groups is 2. The van der Waals surface area contributed by atoms with Crippen LogP contribution in [0.2, 0.25) is 0 Å². The van der Waals surface area contributed by atoms with Crippen LogP contribution in [0, 0.1) is 0 Å². The van der Waals surface area contributed by atoms with Crippen molar-refractivity contribution in [1.82, 2.24) is 9.47 Å². The number of thiazole rings is 1. The van der Waals surface area contributed by atoms with Gasteiger partial charge < -0.3 is 19.1 Å². The number of ether oxygens (including phenoxy) is 1. The topological polar surface area (TPSA) is 101 Å². The van der Waals surface area contributed by atoms with Gasteiger partial charge in [-0.05, 0) is 30.3 Å². The lowest BCUT2D eigenvalue weighted by atomic mass is 10.2. The maximum Gasteiger partial charge on any atom is 0.263 e. The Balaban J connectivity index is 1.41. The minimum absolute atomic E-state index is 0.392. The molecule has 0 saturated carbocycles. The van der Waals surface area contributed by atoms with E-state index in [1.807, 2.05) is 53.1 Å². The Labute approximate surface area is 222 Å². The second kappa shape index (κ2) is 11.7. The van der Waals surface area contributed by atoms with Crippen molar-refractivity contribution in [3.8, 4) is 0 Å². The molecule has 0 N–H and O–H groups in total. The molecule has 1 aliphatic heterocycles. The van der Waals surface area contributed by atoms with Gasteiger partial charge in [-0.1, -0.05) is 45.5 Å². The van der Waals surface area contributed by atoms with Crippen molar-refractivity contribution in [3.63, 3.8) is 0 Å². The Morgan fingerprint density at radius 3 is 2.47 bits per heavy atom. The molecule has 1 saturated heterocycles. The van der Waals surface area contributed by atoms with Gasteiger partial charge in [0.2, 0.25) is 5.91 Å². The third kappa shape index (κ3) is 6.61. The van der Waals surface area contributed by atoms with E-state index in [4.69, 9.17) is 4.74 Å². The number of hydrogen-bond acceptors (Lipinski definition) is 7. The number of rotatable bonds is 8. The van der Waals surface area contributed by atoms with Crippen molar-refractivity contribution in [2.75, 3.05) is 56.3 Å². The predicted octanol–water partition coefficient (Wildman–Crippen LogP) is 2.30. The fourth-order valence-corrected chi connectivity index (χ4v) is 6.77. The Morgan fingerprint density at radius 1 is 1.06 bits per heavy atom. The summed E-state index contributed by atoms with van der Waals surface area (Å²) in [5.41, 5.74) is 1.94. The standard InChI is InChI=1S/C24H27BrN4O5S2/c1-34-14-13-29-20-8-7-18(25)15-21(20)35-24(29)26-22(30)16-36(32,33)17-23(31)28-11-9-27(10-12-28)19-5-3-2-4-6-19/h2-8,15H,9-14,16-17H2,1H3. The number of carbonyl (C=O) groups excluding carboxylic acids is 2. The lowest BCUT2D eigenvalue weighted by Gasteiger charge is -2.36. The lowest BCUT2D eigenvalue weighted by Crippen LogP contribution is -2.50. The molecule has 4 rings (SSSR count). The van der Waals surface area contributed by atoms with E-state index in [1.54, 1.807) is 12.0 Å². The van der Waals surface area contributed by atoms with Gasteiger partial charge in [-0.25, -0.2) is 8.42 Å². The smallest absolute Gasteiger partial charge is 0.263 e. The molecule has 0 bridgehead atoms. The van der Waals surface area contributed by atoms with Crippen LogP contribution < -0.4 is 9.70 Å². The van der Waals surface area contributed by atoms with E-state index in [-0.39, 0.29) is 0 Å². The van der Waals surface area contributed by atoms with Crippen LogP contribution in [-0.2, 0) is 30.7 Å². The molecule has 9 nitrogen and oxygen atoms in total. The highest BCUT2D eigenvalue weighted by Crippen LogP contribution is 2.22. The first-order valence-electron chi connectivity index (χ1n) is 11.4. The molecule has 1 aromatic heterocycles. The largest absolute Gasteiger partial charge is 0.383 e. The molecule has 192 valence electrons. The van der Waals surface area contributed by atoms with E-state index in [2.05, 4.69) is 25.8 Å². The SMILES string of the molecule is COCCn1c(=NC(=O)CS(=O)(=O)CC(=O)N2CCN(c3ccccc3)CC2)sc2cc(Br)ccc21. The van der Waals surface area contributed by atoms with Gasteiger partial charge in [0.25, 0.3) is 5.91 Å². The zero-order valence-corrected chi connectivity index (χ0v) is 23.0. The quantitative estimate of drug-likeness (QED) is 0.396. The van der Waals surface area contributed by atoms with Crippen LogP contribution in [-0.4, -0.2) is 81.1 Å². The van der Waals surface area contributed by atoms with Crippen LogP contribution in [0.1, 0.15) is 0 Å². The maximum absolute atomic E-state index is 12.7. The van der Waals surface area contributed by atoms with E-state index in [0.29, 0.717) is 44.1 Å². The summed E-state index contributed by atoms with van der Waals surface area (Å²) in [6, 6.07) is 15.6. The normalized spacial score (nSPS) is 15.0. The zero-order valence-electron chi connectivity index (χ0n) is 19.8. The predicted molar refractivity (Wildman–Crippen MR) is 144 cm³/mol. The maximum atomic E-state index is 12.7. The van der Waals surface area contributed by atoms with E-state index >= 15 is 0 Å². The number of piperazine rings is 1. The Hall–Kier alpha value is -2.54. The fourth-order valence-electron chi connectivity index (χ4n) is 4.04. The summed E-state index contributed by atoms with van der Waals surface area (Å²) in [4.78, 5) is 33.5. The molecule has 1 aliphatic rings. The van der Waals surface area contributed by atoms with Gasteiger partial charge in [-0.3, -0.25) is 9.59 Å². The molecule has 3 aromatic rings. The van der Waals surface area contributed by atoms with Crippen LogP contribution in [0.15, 0.2) is 58.0 Å². The van der Waals surface area contributed by atoms with E-state index < -0.39 is 33.2 Å². The number of anilines is 1. The molecule has 0 radical (unpaired) electrons. The van der Waals surface area contributed by atoms with Gasteiger partial charge in [0.1, 0.15) is 11.5 Å². The van der Waals surface area contributed by atoms with Gasteiger partial charge in [0.15, 0.2) is 14.6 Å². The minimum Gasteiger partial charge on any atom is -0.383 e. The number of sulfone groups is 1. The third-order valence-electron chi connectivity index (χ3n) is 5.82. The summed E-state index contributed by atoms with van der Waals surface area (Å²) < 4.78 is 34.1. The molecule has 12 heteroatoms. The molecule has 0 spiro atoms. The average molecular weight is 596 g/mol. The number of benzene rings is 2. The van der Waals surface area contributed by atoms with Crippen LogP contribution in [0.5, 0.6) is 0 Å². The third-order valence-corrected chi connectivity index (χ3v) is 8.73. The summed E-state index contributed by atoms with van der Waals surface area (Å²) in [5.74, 6) is -2.81. The molecule has 0 unspecified atom stereocenters. The Morgan fingerprint density at radius 2 is 1.78 bits per heavy atom. The van der Waals surface area contributed by atoms with Gasteiger partial charge in [-0.2, -0.15) is 4.99 Å². The van der Waals surface area contributed by atoms with Crippen molar-refractivity contribution in [1.29, 1.82) is 0 Å². The highest BCUT2D eigenvalue weighted by atomic mass is 79.9. The zero-order chi connectivity index (χ0) is 25.7. The number of amides is 2. The molecular formula is C24H27BrN4O5S2. The summed E-state index contributed by atoms with van der Waals surface area (Å²) in [5, 5.41) is 0. The molecule has 0 atom stereocenters. The fraction of sp³-hybridized carbons (Fsp3) is 0.375. The lowest BCUT2D eigenvalue weighted by molar-refractivity contribution is -0.128. The number of nitrogens with zero attached hydrogens (tertiary/aromatic N) is 4. The monoisotopic (exact) mass is 594 g/mol. The average Bonchev–Trinajstić information content (AvgIpc) is 3.18. The van der Waals surface area contributed by atoms with Crippen molar-refractivity contribution in [2.24, 2.45) is 4.99 Å². The molecule has 2 aromatic carbocycles. The van der Waals surface area contributed by atoms with Crippen molar-refractivity contribution in [3.05, 3.63) is 57.8 Å². The van der Waals surface area contributed by atoms with Crippen LogP contribution in [0.3, 0.4) is 0 Å². The first kappa shape index (κ1) is 26.5. The first-order valence-corrected chi connectivity index (χ1v) is 14.8. The number of para-hydroxylation sites is 1. The molecule has 2 amide bonds. The molecular weight excluding hydrogens is 568 g/mol. The minimum atomic E-state index is -3.97. The van der Waals surface area contributed by atoms with Gasteiger partial charge >= 0.3 is 0 Å². The van der Waals surface area contributed by atoms with E-state index in [9.17, 15) is 18.0 Å². The highest BCUT2D eigenvalue weighted by Gasteiger charge is 2.27. The van der Waals surface area contributed by atoms with E-state index in [0.717, 1.165) is 20.4 Å². The van der Waals surface area contributed by atoms with Crippen LogP contribution in [0.25, 0.3) is 10.2 Å². The number of halogens is 1. The highest BCUT2D eigenvalue weighted by molar-refractivity contribution is 9.10. The Kier molecular flexibility index (Phi) is 8.60.